The Kier molecular flexibility index (Phi) is 4.21. The van der Waals surface area contributed by atoms with Crippen molar-refractivity contribution in [1.29, 1.82) is 0 Å². The molecule has 0 aliphatic carbocycles. The highest BCUT2D eigenvalue weighted by Gasteiger charge is 2.06. The van der Waals surface area contributed by atoms with E-state index in [1.807, 2.05) is 12.1 Å². The van der Waals surface area contributed by atoms with Crippen LogP contribution in [0.25, 0.3) is 0 Å². The molecular weight excluding hydrogens is 222 g/mol. The Bertz CT molecular complexity index is 468. The zero-order valence-electron chi connectivity index (χ0n) is 11.1. The van der Waals surface area contributed by atoms with Gasteiger partial charge in [-0.2, -0.15) is 0 Å². The molecule has 1 atom stereocenters. The minimum absolute atomic E-state index is 0.191. The maximum Gasteiger partial charge on any atom is 0.103 e. The lowest BCUT2D eigenvalue weighted by atomic mass is 9.99. The van der Waals surface area contributed by atoms with Gasteiger partial charge < -0.3 is 10.2 Å². The zero-order valence-corrected chi connectivity index (χ0v) is 11.1. The molecule has 2 heteroatoms. The Hall–Kier alpha value is -1.54. The molecule has 0 amide bonds. The fourth-order valence-electron chi connectivity index (χ4n) is 2.37. The van der Waals surface area contributed by atoms with E-state index in [0.717, 1.165) is 25.0 Å². The first-order chi connectivity index (χ1) is 8.63. The van der Waals surface area contributed by atoms with E-state index in [0.29, 0.717) is 0 Å². The molecule has 0 radical (unpaired) electrons. The fraction of sp³-hybridized carbons (Fsp3) is 0.375. The number of nitrogens with two attached hydrogens (primary N) is 1. The maximum atomic E-state index is 6.18. The minimum Gasteiger partial charge on any atom is -0.469 e. The van der Waals surface area contributed by atoms with Crippen LogP contribution in [0.2, 0.25) is 0 Å². The van der Waals surface area contributed by atoms with Crippen molar-refractivity contribution in [3.63, 3.8) is 0 Å². The average molecular weight is 243 g/mol. The monoisotopic (exact) mass is 243 g/mol. The van der Waals surface area contributed by atoms with Crippen molar-refractivity contribution in [2.24, 2.45) is 5.73 Å². The largest absolute Gasteiger partial charge is 0.469 e. The van der Waals surface area contributed by atoms with E-state index in [1.54, 1.807) is 6.26 Å². The third-order valence-corrected chi connectivity index (χ3v) is 3.12. The molecule has 1 heterocycles. The average Bonchev–Trinajstić information content (AvgIpc) is 2.77. The molecular formula is C16H21NO. The van der Waals surface area contributed by atoms with Crippen molar-refractivity contribution in [1.82, 2.24) is 0 Å². The topological polar surface area (TPSA) is 39.2 Å². The molecule has 0 saturated heterocycles. The third-order valence-electron chi connectivity index (χ3n) is 3.12. The van der Waals surface area contributed by atoms with E-state index < -0.39 is 0 Å². The summed E-state index contributed by atoms with van der Waals surface area (Å²) in [7, 11) is 0. The molecule has 2 rings (SSSR count). The summed E-state index contributed by atoms with van der Waals surface area (Å²) in [6, 6.07) is 10.8. The summed E-state index contributed by atoms with van der Waals surface area (Å²) in [6.45, 7) is 4.26. The number of hydrogen-bond donors (Lipinski definition) is 1. The number of furan rings is 1. The van der Waals surface area contributed by atoms with Gasteiger partial charge in [-0.1, -0.05) is 29.3 Å². The first kappa shape index (κ1) is 12.9. The highest BCUT2D eigenvalue weighted by Crippen LogP contribution is 2.13. The Morgan fingerprint density at radius 2 is 1.89 bits per heavy atom. The first-order valence-corrected chi connectivity index (χ1v) is 6.48. The van der Waals surface area contributed by atoms with Crippen LogP contribution in [0.3, 0.4) is 0 Å². The highest BCUT2D eigenvalue weighted by atomic mass is 16.3. The lowest BCUT2D eigenvalue weighted by Gasteiger charge is -2.12. The van der Waals surface area contributed by atoms with Crippen molar-refractivity contribution < 1.29 is 4.42 Å². The van der Waals surface area contributed by atoms with Gasteiger partial charge in [0.1, 0.15) is 5.76 Å². The Morgan fingerprint density at radius 1 is 1.17 bits per heavy atom. The van der Waals surface area contributed by atoms with Crippen LogP contribution in [0.5, 0.6) is 0 Å². The summed E-state index contributed by atoms with van der Waals surface area (Å²) in [5, 5.41) is 0. The van der Waals surface area contributed by atoms with Crippen molar-refractivity contribution in [3.05, 3.63) is 59.0 Å². The number of benzene rings is 1. The molecule has 0 aliphatic rings. The maximum absolute atomic E-state index is 6.18. The highest BCUT2D eigenvalue weighted by molar-refractivity contribution is 5.29. The molecule has 18 heavy (non-hydrogen) atoms. The first-order valence-electron chi connectivity index (χ1n) is 6.48. The SMILES string of the molecule is Cc1cc(C)cc(CC(N)CCc2ccco2)c1. The van der Waals surface area contributed by atoms with Crippen LogP contribution in [0.4, 0.5) is 0 Å². The summed E-state index contributed by atoms with van der Waals surface area (Å²) in [5.74, 6) is 1.02. The number of hydrogen-bond acceptors (Lipinski definition) is 2. The normalized spacial score (nSPS) is 12.6. The van der Waals surface area contributed by atoms with Crippen LogP contribution in [0.15, 0.2) is 41.0 Å². The third kappa shape index (κ3) is 3.74. The molecule has 2 nitrogen and oxygen atoms in total. The molecule has 96 valence electrons. The van der Waals surface area contributed by atoms with Gasteiger partial charge in [0.05, 0.1) is 6.26 Å². The van der Waals surface area contributed by atoms with Gasteiger partial charge in [-0.15, -0.1) is 0 Å². The van der Waals surface area contributed by atoms with Gasteiger partial charge >= 0.3 is 0 Å². The molecule has 0 saturated carbocycles. The number of aryl methyl sites for hydroxylation is 3. The lowest BCUT2D eigenvalue weighted by Crippen LogP contribution is -2.23. The smallest absolute Gasteiger partial charge is 0.103 e. The zero-order chi connectivity index (χ0) is 13.0. The fourth-order valence-corrected chi connectivity index (χ4v) is 2.37. The summed E-state index contributed by atoms with van der Waals surface area (Å²) in [5.41, 5.74) is 10.1. The molecule has 0 spiro atoms. The molecule has 1 aromatic carbocycles. The molecule has 2 aromatic rings. The van der Waals surface area contributed by atoms with Gasteiger partial charge in [-0.05, 0) is 44.4 Å². The van der Waals surface area contributed by atoms with Crippen molar-refractivity contribution in [2.45, 2.75) is 39.2 Å². The van der Waals surface area contributed by atoms with Crippen molar-refractivity contribution >= 4 is 0 Å². The number of rotatable bonds is 5. The summed E-state index contributed by atoms with van der Waals surface area (Å²) in [6.07, 6.45) is 4.52. The van der Waals surface area contributed by atoms with Crippen LogP contribution >= 0.6 is 0 Å². The Labute approximate surface area is 109 Å². The van der Waals surface area contributed by atoms with Gasteiger partial charge in [0.25, 0.3) is 0 Å². The molecule has 2 N–H and O–H groups in total. The van der Waals surface area contributed by atoms with Crippen LogP contribution in [0, 0.1) is 13.8 Å². The van der Waals surface area contributed by atoms with Gasteiger partial charge in [-0.25, -0.2) is 0 Å². The van der Waals surface area contributed by atoms with Crippen LogP contribution < -0.4 is 5.73 Å². The quantitative estimate of drug-likeness (QED) is 0.874. The predicted molar refractivity (Wildman–Crippen MR) is 74.6 cm³/mol. The van der Waals surface area contributed by atoms with E-state index in [1.165, 1.54) is 16.7 Å². The van der Waals surface area contributed by atoms with E-state index >= 15 is 0 Å². The second kappa shape index (κ2) is 5.87. The van der Waals surface area contributed by atoms with Gasteiger partial charge in [0.2, 0.25) is 0 Å². The van der Waals surface area contributed by atoms with Crippen molar-refractivity contribution in [3.8, 4) is 0 Å². The molecule has 0 aliphatic heterocycles. The molecule has 1 unspecified atom stereocenters. The Morgan fingerprint density at radius 3 is 2.50 bits per heavy atom. The van der Waals surface area contributed by atoms with Gasteiger partial charge in [0, 0.05) is 12.5 Å². The van der Waals surface area contributed by atoms with Crippen LogP contribution in [-0.4, -0.2) is 6.04 Å². The van der Waals surface area contributed by atoms with E-state index in [4.69, 9.17) is 10.2 Å². The standard InChI is InChI=1S/C16H21NO/c1-12-8-13(2)10-14(9-12)11-15(17)5-6-16-4-3-7-18-16/h3-4,7-10,15H,5-6,11,17H2,1-2H3. The summed E-state index contributed by atoms with van der Waals surface area (Å²) < 4.78 is 5.32. The summed E-state index contributed by atoms with van der Waals surface area (Å²) in [4.78, 5) is 0. The summed E-state index contributed by atoms with van der Waals surface area (Å²) >= 11 is 0. The van der Waals surface area contributed by atoms with Crippen LogP contribution in [0.1, 0.15) is 28.9 Å². The second-order valence-electron chi connectivity index (χ2n) is 5.08. The van der Waals surface area contributed by atoms with Crippen LogP contribution in [-0.2, 0) is 12.8 Å². The Balaban J connectivity index is 1.88. The van der Waals surface area contributed by atoms with Crippen molar-refractivity contribution in [2.75, 3.05) is 0 Å². The van der Waals surface area contributed by atoms with Gasteiger partial charge in [0.15, 0.2) is 0 Å². The van der Waals surface area contributed by atoms with E-state index in [9.17, 15) is 0 Å². The lowest BCUT2D eigenvalue weighted by molar-refractivity contribution is 0.484. The van der Waals surface area contributed by atoms with E-state index in [2.05, 4.69) is 32.0 Å². The molecule has 0 bridgehead atoms. The predicted octanol–water partition coefficient (Wildman–Crippen LogP) is 3.40. The van der Waals surface area contributed by atoms with Gasteiger partial charge in [-0.3, -0.25) is 0 Å². The minimum atomic E-state index is 0.191. The molecule has 1 aromatic heterocycles. The van der Waals surface area contributed by atoms with E-state index in [-0.39, 0.29) is 6.04 Å². The molecule has 0 fully saturated rings. The second-order valence-corrected chi connectivity index (χ2v) is 5.08.